The summed E-state index contributed by atoms with van der Waals surface area (Å²) < 4.78 is 0. The molecule has 1 saturated heterocycles. The second-order valence-corrected chi connectivity index (χ2v) is 5.67. The number of halogens is 1. The second kappa shape index (κ2) is 4.21. The first-order valence-corrected chi connectivity index (χ1v) is 6.10. The summed E-state index contributed by atoms with van der Waals surface area (Å²) in [6.07, 6.45) is 2.36. The Balaban J connectivity index is 2.14. The van der Waals surface area contributed by atoms with Crippen molar-refractivity contribution in [3.05, 3.63) is 16.9 Å². The fourth-order valence-electron chi connectivity index (χ4n) is 1.97. The molecule has 1 aromatic rings. The Morgan fingerprint density at radius 2 is 1.88 bits per heavy atom. The zero-order valence-corrected chi connectivity index (χ0v) is 10.9. The summed E-state index contributed by atoms with van der Waals surface area (Å²) in [5.41, 5.74) is 1.38. The first kappa shape index (κ1) is 11.6. The molecule has 1 aromatic heterocycles. The number of rotatable bonds is 1. The van der Waals surface area contributed by atoms with Crippen LogP contribution >= 0.6 is 11.6 Å². The van der Waals surface area contributed by atoms with Crippen molar-refractivity contribution in [3.63, 3.8) is 0 Å². The van der Waals surface area contributed by atoms with Crippen LogP contribution in [0, 0.1) is 12.3 Å². The maximum atomic E-state index is 5.95. The average Bonchev–Trinajstić information content (AvgIpc) is 2.15. The van der Waals surface area contributed by atoms with Gasteiger partial charge in [0.1, 0.15) is 5.15 Å². The van der Waals surface area contributed by atoms with Crippen LogP contribution < -0.4 is 4.90 Å². The van der Waals surface area contributed by atoms with E-state index in [-0.39, 0.29) is 0 Å². The quantitative estimate of drug-likeness (QED) is 0.706. The third-order valence-corrected chi connectivity index (χ3v) is 3.40. The SMILES string of the molecule is Cc1cc(Cl)nc(N2CCC(C)(C)CC2)n1. The van der Waals surface area contributed by atoms with Gasteiger partial charge in [0.25, 0.3) is 0 Å². The zero-order chi connectivity index (χ0) is 11.8. The zero-order valence-electron chi connectivity index (χ0n) is 10.1. The smallest absolute Gasteiger partial charge is 0.226 e. The van der Waals surface area contributed by atoms with Crippen LogP contribution in [0.5, 0.6) is 0 Å². The lowest BCUT2D eigenvalue weighted by molar-refractivity contribution is 0.278. The van der Waals surface area contributed by atoms with Gasteiger partial charge in [0.15, 0.2) is 0 Å². The summed E-state index contributed by atoms with van der Waals surface area (Å²) in [6.45, 7) is 8.62. The predicted octanol–water partition coefficient (Wildman–Crippen LogP) is 3.06. The third kappa shape index (κ3) is 2.64. The number of aryl methyl sites for hydroxylation is 1. The number of aromatic nitrogens is 2. The Morgan fingerprint density at radius 1 is 1.25 bits per heavy atom. The van der Waals surface area contributed by atoms with Crippen molar-refractivity contribution in [1.82, 2.24) is 9.97 Å². The molecule has 4 heteroatoms. The molecular weight excluding hydrogens is 222 g/mol. The largest absolute Gasteiger partial charge is 0.341 e. The molecule has 88 valence electrons. The molecule has 0 amide bonds. The molecule has 0 radical (unpaired) electrons. The number of hydrogen-bond donors (Lipinski definition) is 0. The monoisotopic (exact) mass is 239 g/mol. The topological polar surface area (TPSA) is 29.0 Å². The van der Waals surface area contributed by atoms with Gasteiger partial charge in [-0.05, 0) is 31.2 Å². The van der Waals surface area contributed by atoms with Crippen molar-refractivity contribution < 1.29 is 0 Å². The van der Waals surface area contributed by atoms with Crippen LogP contribution in [0.4, 0.5) is 5.95 Å². The van der Waals surface area contributed by atoms with Gasteiger partial charge in [0.05, 0.1) is 0 Å². The van der Waals surface area contributed by atoms with Gasteiger partial charge in [0.2, 0.25) is 5.95 Å². The normalized spacial score (nSPS) is 19.9. The van der Waals surface area contributed by atoms with Gasteiger partial charge in [-0.1, -0.05) is 25.4 Å². The van der Waals surface area contributed by atoms with Crippen molar-refractivity contribution in [2.45, 2.75) is 33.6 Å². The molecule has 0 N–H and O–H groups in total. The molecule has 1 fully saturated rings. The summed E-state index contributed by atoms with van der Waals surface area (Å²) in [5.74, 6) is 0.778. The van der Waals surface area contributed by atoms with Gasteiger partial charge in [-0.2, -0.15) is 0 Å². The highest BCUT2D eigenvalue weighted by Crippen LogP contribution is 2.31. The highest BCUT2D eigenvalue weighted by Gasteiger charge is 2.26. The van der Waals surface area contributed by atoms with Crippen LogP contribution in [0.25, 0.3) is 0 Å². The van der Waals surface area contributed by atoms with E-state index in [0.717, 1.165) is 24.7 Å². The molecule has 1 aliphatic heterocycles. The second-order valence-electron chi connectivity index (χ2n) is 5.28. The molecule has 0 spiro atoms. The Bertz CT molecular complexity index is 360. The highest BCUT2D eigenvalue weighted by molar-refractivity contribution is 6.29. The van der Waals surface area contributed by atoms with Gasteiger partial charge in [-0.25, -0.2) is 9.97 Å². The predicted molar refractivity (Wildman–Crippen MR) is 67.0 cm³/mol. The van der Waals surface area contributed by atoms with Crippen molar-refractivity contribution in [1.29, 1.82) is 0 Å². The average molecular weight is 240 g/mol. The van der Waals surface area contributed by atoms with E-state index in [1.807, 2.05) is 6.92 Å². The lowest BCUT2D eigenvalue weighted by atomic mass is 9.83. The molecule has 0 atom stereocenters. The van der Waals surface area contributed by atoms with E-state index in [2.05, 4.69) is 28.7 Å². The lowest BCUT2D eigenvalue weighted by Crippen LogP contribution is -2.38. The van der Waals surface area contributed by atoms with E-state index in [1.165, 1.54) is 12.8 Å². The molecule has 0 saturated carbocycles. The van der Waals surface area contributed by atoms with Gasteiger partial charge < -0.3 is 4.90 Å². The molecule has 16 heavy (non-hydrogen) atoms. The summed E-state index contributed by atoms with van der Waals surface area (Å²) in [4.78, 5) is 10.9. The first-order chi connectivity index (χ1) is 7.46. The van der Waals surface area contributed by atoms with E-state index in [9.17, 15) is 0 Å². The lowest BCUT2D eigenvalue weighted by Gasteiger charge is -2.36. The molecule has 3 nitrogen and oxygen atoms in total. The Morgan fingerprint density at radius 3 is 2.44 bits per heavy atom. The summed E-state index contributed by atoms with van der Waals surface area (Å²) in [5, 5.41) is 0.535. The van der Waals surface area contributed by atoms with E-state index in [1.54, 1.807) is 6.07 Å². The van der Waals surface area contributed by atoms with E-state index in [0.29, 0.717) is 10.6 Å². The molecule has 0 aromatic carbocycles. The van der Waals surface area contributed by atoms with Crippen molar-refractivity contribution in [2.24, 2.45) is 5.41 Å². The fourth-order valence-corrected chi connectivity index (χ4v) is 2.20. The Hall–Kier alpha value is -0.830. The van der Waals surface area contributed by atoms with Gasteiger partial charge >= 0.3 is 0 Å². The van der Waals surface area contributed by atoms with Crippen LogP contribution in [0.15, 0.2) is 6.07 Å². The van der Waals surface area contributed by atoms with Crippen LogP contribution in [-0.4, -0.2) is 23.1 Å². The van der Waals surface area contributed by atoms with E-state index in [4.69, 9.17) is 11.6 Å². The maximum absolute atomic E-state index is 5.95. The van der Waals surface area contributed by atoms with Crippen molar-refractivity contribution >= 4 is 17.5 Å². The van der Waals surface area contributed by atoms with E-state index < -0.39 is 0 Å². The highest BCUT2D eigenvalue weighted by atomic mass is 35.5. The standard InChI is InChI=1S/C12H18ClN3/c1-9-8-10(13)15-11(14-9)16-6-4-12(2,3)5-7-16/h8H,4-7H2,1-3H3. The van der Waals surface area contributed by atoms with Crippen LogP contribution in [0.2, 0.25) is 5.15 Å². The van der Waals surface area contributed by atoms with Crippen molar-refractivity contribution in [2.75, 3.05) is 18.0 Å². The van der Waals surface area contributed by atoms with Gasteiger partial charge in [0, 0.05) is 18.8 Å². The van der Waals surface area contributed by atoms with E-state index >= 15 is 0 Å². The Labute approximate surface area is 102 Å². The Kier molecular flexibility index (Phi) is 3.06. The first-order valence-electron chi connectivity index (χ1n) is 5.72. The van der Waals surface area contributed by atoms with Crippen LogP contribution in [-0.2, 0) is 0 Å². The molecule has 0 bridgehead atoms. The van der Waals surface area contributed by atoms with Gasteiger partial charge in [-0.15, -0.1) is 0 Å². The molecule has 0 aliphatic carbocycles. The summed E-state index contributed by atoms with van der Waals surface area (Å²) in [6, 6.07) is 1.79. The molecule has 2 rings (SSSR count). The number of hydrogen-bond acceptors (Lipinski definition) is 3. The fraction of sp³-hybridized carbons (Fsp3) is 0.667. The third-order valence-electron chi connectivity index (χ3n) is 3.21. The number of anilines is 1. The number of piperidine rings is 1. The summed E-state index contributed by atoms with van der Waals surface area (Å²) in [7, 11) is 0. The number of nitrogens with zero attached hydrogens (tertiary/aromatic N) is 3. The molecule has 1 aliphatic rings. The molecular formula is C12H18ClN3. The van der Waals surface area contributed by atoms with Crippen LogP contribution in [0.3, 0.4) is 0 Å². The minimum Gasteiger partial charge on any atom is -0.341 e. The van der Waals surface area contributed by atoms with Crippen LogP contribution in [0.1, 0.15) is 32.4 Å². The maximum Gasteiger partial charge on any atom is 0.226 e. The molecule has 2 heterocycles. The van der Waals surface area contributed by atoms with Gasteiger partial charge in [-0.3, -0.25) is 0 Å². The molecule has 0 unspecified atom stereocenters. The van der Waals surface area contributed by atoms with Crippen molar-refractivity contribution in [3.8, 4) is 0 Å². The summed E-state index contributed by atoms with van der Waals surface area (Å²) >= 11 is 5.95. The minimum absolute atomic E-state index is 0.449. The minimum atomic E-state index is 0.449.